The number of pyridine rings is 2. The molecule has 0 aromatic carbocycles. The molecule has 0 unspecified atom stereocenters. The van der Waals surface area contributed by atoms with E-state index in [9.17, 15) is 5.11 Å². The first-order valence-electron chi connectivity index (χ1n) is 9.42. The van der Waals surface area contributed by atoms with E-state index in [0.29, 0.717) is 42.8 Å². The van der Waals surface area contributed by atoms with Crippen LogP contribution in [0.4, 0.5) is 17.3 Å². The number of hydrogen-bond acceptors (Lipinski definition) is 7. The summed E-state index contributed by atoms with van der Waals surface area (Å²) in [4.78, 5) is 9.23. The van der Waals surface area contributed by atoms with Gasteiger partial charge >= 0.3 is 0 Å². The fourth-order valence-corrected chi connectivity index (χ4v) is 3.90. The largest absolute Gasteiger partial charge is 0.491 e. The number of nitrogens with zero attached hydrogens (tertiary/aromatic N) is 2. The lowest BCUT2D eigenvalue weighted by Crippen LogP contribution is -2.24. The summed E-state index contributed by atoms with van der Waals surface area (Å²) in [7, 11) is 1.87. The van der Waals surface area contributed by atoms with Crippen LogP contribution in [0.1, 0.15) is 23.4 Å². The Balaban J connectivity index is 1.77. The minimum Gasteiger partial charge on any atom is -0.491 e. The number of nitrogens with one attached hydrogen (secondary N) is 3. The molecule has 2 aliphatic heterocycles. The smallest absolute Gasteiger partial charge is 0.151 e. The van der Waals surface area contributed by atoms with Gasteiger partial charge in [-0.05, 0) is 18.6 Å². The van der Waals surface area contributed by atoms with Crippen LogP contribution in [-0.2, 0) is 6.42 Å². The maximum atomic E-state index is 10.2. The number of rotatable bonds is 4. The van der Waals surface area contributed by atoms with Crippen LogP contribution in [0.3, 0.4) is 0 Å². The van der Waals surface area contributed by atoms with E-state index in [1.54, 1.807) is 0 Å². The lowest BCUT2D eigenvalue weighted by molar-refractivity contribution is 0.180. The summed E-state index contributed by atoms with van der Waals surface area (Å²) in [5.74, 6) is 1.94. The Labute approximate surface area is 169 Å². The molecular formula is C20H24ClN5O2. The van der Waals surface area contributed by atoms with Crippen molar-refractivity contribution in [2.24, 2.45) is 0 Å². The van der Waals surface area contributed by atoms with E-state index in [-0.39, 0.29) is 0 Å². The fraction of sp³-hybridized carbons (Fsp3) is 0.400. The van der Waals surface area contributed by atoms with Crippen LogP contribution in [0.5, 0.6) is 5.75 Å². The maximum absolute atomic E-state index is 10.2. The third-order valence-corrected chi connectivity index (χ3v) is 5.25. The Morgan fingerprint density at radius 1 is 1.32 bits per heavy atom. The topological polar surface area (TPSA) is 91.3 Å². The van der Waals surface area contributed by atoms with Crippen LogP contribution in [0.25, 0.3) is 5.57 Å². The number of ether oxygens (including phenoxy) is 1. The average Bonchev–Trinajstić information content (AvgIpc) is 3.01. The Morgan fingerprint density at radius 2 is 2.18 bits per heavy atom. The third-order valence-electron chi connectivity index (χ3n) is 4.89. The zero-order chi connectivity index (χ0) is 19.7. The molecule has 0 spiro atoms. The van der Waals surface area contributed by atoms with E-state index < -0.39 is 6.10 Å². The van der Waals surface area contributed by atoms with Gasteiger partial charge < -0.3 is 25.8 Å². The van der Waals surface area contributed by atoms with Crippen LogP contribution in [0, 0.1) is 6.92 Å². The SMILES string of the molecule is CNc1cc(C)nc(Nc2nc3c(c(C4=CCNC[C@H](O)C4)c2Cl)OCC3)c1. The molecule has 0 bridgehead atoms. The molecule has 0 radical (unpaired) electrons. The molecule has 2 aromatic heterocycles. The van der Waals surface area contributed by atoms with E-state index in [1.807, 2.05) is 26.1 Å². The summed E-state index contributed by atoms with van der Waals surface area (Å²) in [5, 5.41) is 20.3. The van der Waals surface area contributed by atoms with Gasteiger partial charge in [0.25, 0.3) is 0 Å². The van der Waals surface area contributed by atoms with Crippen molar-refractivity contribution >= 4 is 34.5 Å². The first-order valence-corrected chi connectivity index (χ1v) is 9.79. The highest BCUT2D eigenvalue weighted by Gasteiger charge is 2.27. The van der Waals surface area contributed by atoms with E-state index in [0.717, 1.165) is 40.4 Å². The molecule has 0 fully saturated rings. The van der Waals surface area contributed by atoms with Crippen LogP contribution < -0.4 is 20.7 Å². The lowest BCUT2D eigenvalue weighted by Gasteiger charge is -2.18. The van der Waals surface area contributed by atoms with Crippen molar-refractivity contribution in [3.8, 4) is 5.75 Å². The van der Waals surface area contributed by atoms with Gasteiger partial charge in [-0.15, -0.1) is 0 Å². The Hall–Kier alpha value is -2.35. The predicted molar refractivity (Wildman–Crippen MR) is 112 cm³/mol. The molecule has 28 heavy (non-hydrogen) atoms. The number of fused-ring (bicyclic) bond motifs is 1. The Morgan fingerprint density at radius 3 is 3.00 bits per heavy atom. The summed E-state index contributed by atoms with van der Waals surface area (Å²) in [6.07, 6.45) is 2.83. The van der Waals surface area contributed by atoms with Crippen molar-refractivity contribution in [3.05, 3.63) is 40.2 Å². The zero-order valence-corrected chi connectivity index (χ0v) is 16.7. The summed E-state index contributed by atoms with van der Waals surface area (Å²) < 4.78 is 5.86. The van der Waals surface area contributed by atoms with Gasteiger partial charge in [-0.25, -0.2) is 9.97 Å². The number of aliphatic hydroxyl groups excluding tert-OH is 1. The monoisotopic (exact) mass is 401 g/mol. The van der Waals surface area contributed by atoms with Crippen molar-refractivity contribution in [1.82, 2.24) is 15.3 Å². The fourth-order valence-electron chi connectivity index (χ4n) is 3.60. The molecule has 1 atom stereocenters. The van der Waals surface area contributed by atoms with Crippen molar-refractivity contribution in [1.29, 1.82) is 0 Å². The average molecular weight is 402 g/mol. The lowest BCUT2D eigenvalue weighted by atomic mass is 9.98. The molecule has 148 valence electrons. The molecule has 2 aliphatic rings. The van der Waals surface area contributed by atoms with Gasteiger partial charge in [0.1, 0.15) is 11.6 Å². The van der Waals surface area contributed by atoms with E-state index in [1.165, 1.54) is 0 Å². The van der Waals surface area contributed by atoms with Gasteiger partial charge in [0.15, 0.2) is 5.82 Å². The quantitative estimate of drug-likeness (QED) is 0.626. The van der Waals surface area contributed by atoms with E-state index in [4.69, 9.17) is 21.3 Å². The van der Waals surface area contributed by atoms with Gasteiger partial charge in [-0.2, -0.15) is 0 Å². The summed E-state index contributed by atoms with van der Waals surface area (Å²) in [6, 6.07) is 3.87. The third kappa shape index (κ3) is 3.78. The molecule has 2 aromatic rings. The van der Waals surface area contributed by atoms with Crippen LogP contribution in [0.2, 0.25) is 5.02 Å². The summed E-state index contributed by atoms with van der Waals surface area (Å²) in [6.45, 7) is 3.74. The highest BCUT2D eigenvalue weighted by atomic mass is 35.5. The number of aromatic nitrogens is 2. The molecule has 8 heteroatoms. The summed E-state index contributed by atoms with van der Waals surface area (Å²) >= 11 is 6.80. The molecule has 0 amide bonds. The van der Waals surface area contributed by atoms with Gasteiger partial charge in [-0.3, -0.25) is 0 Å². The first kappa shape index (κ1) is 19.0. The van der Waals surface area contributed by atoms with E-state index in [2.05, 4.69) is 27.0 Å². The first-order chi connectivity index (χ1) is 13.5. The summed E-state index contributed by atoms with van der Waals surface area (Å²) in [5.41, 5.74) is 4.50. The van der Waals surface area contributed by atoms with E-state index >= 15 is 0 Å². The standard InChI is InChI=1S/C20H24ClN5O2/c1-11-7-13(22-2)9-16(24-11)26-20-18(21)17(19-15(25-20)4-6-28-19)12-3-5-23-10-14(27)8-12/h3,7,9,14,23,27H,4-6,8,10H2,1-2H3,(H2,22,24,25,26)/t14-/m1/s1. The normalized spacial score (nSPS) is 18.7. The van der Waals surface area contributed by atoms with Crippen molar-refractivity contribution < 1.29 is 9.84 Å². The zero-order valence-electron chi connectivity index (χ0n) is 16.0. The second kappa shape index (κ2) is 7.95. The second-order valence-corrected chi connectivity index (χ2v) is 7.40. The highest BCUT2D eigenvalue weighted by Crippen LogP contribution is 2.43. The molecule has 0 saturated carbocycles. The van der Waals surface area contributed by atoms with Crippen molar-refractivity contribution in [2.45, 2.75) is 25.9 Å². The molecule has 7 nitrogen and oxygen atoms in total. The molecule has 4 heterocycles. The van der Waals surface area contributed by atoms with Gasteiger partial charge in [0, 0.05) is 56.0 Å². The highest BCUT2D eigenvalue weighted by molar-refractivity contribution is 6.35. The van der Waals surface area contributed by atoms with Crippen molar-refractivity contribution in [2.75, 3.05) is 37.4 Å². The minimum atomic E-state index is -0.469. The number of aryl methyl sites for hydroxylation is 1. The molecule has 4 N–H and O–H groups in total. The number of anilines is 3. The van der Waals surface area contributed by atoms with Gasteiger partial charge in [0.2, 0.25) is 0 Å². The van der Waals surface area contributed by atoms with Crippen LogP contribution in [-0.4, -0.2) is 47.9 Å². The second-order valence-electron chi connectivity index (χ2n) is 7.03. The van der Waals surface area contributed by atoms with Crippen molar-refractivity contribution in [3.63, 3.8) is 0 Å². The minimum absolute atomic E-state index is 0.469. The maximum Gasteiger partial charge on any atom is 0.151 e. The molecule has 4 rings (SSSR count). The molecule has 0 aliphatic carbocycles. The number of β-amino-alcohol motifs (C(OH)–C–C–N with tert-alkyl or cyclic N) is 1. The molecular weight excluding hydrogens is 378 g/mol. The van der Waals surface area contributed by atoms with Gasteiger partial charge in [0.05, 0.1) is 23.4 Å². The number of hydrogen-bond donors (Lipinski definition) is 4. The van der Waals surface area contributed by atoms with Gasteiger partial charge in [-0.1, -0.05) is 17.7 Å². The van der Waals surface area contributed by atoms with Crippen LogP contribution in [0.15, 0.2) is 18.2 Å². The Bertz CT molecular complexity index is 931. The molecule has 0 saturated heterocycles. The number of halogens is 1. The number of aliphatic hydroxyl groups is 1. The predicted octanol–water partition coefficient (Wildman–Crippen LogP) is 2.90. The van der Waals surface area contributed by atoms with Crippen LogP contribution >= 0.6 is 11.6 Å². The Kier molecular flexibility index (Phi) is 5.39.